The molecule has 0 atom stereocenters. The molecule has 0 saturated carbocycles. The first-order chi connectivity index (χ1) is 5.81. The Kier molecular flexibility index (Phi) is 1.53. The number of nitrogens with zero attached hydrogens (tertiary/aromatic N) is 3. The third-order valence-corrected chi connectivity index (χ3v) is 1.86. The van der Waals surface area contributed by atoms with Crippen LogP contribution in [0.25, 0.3) is 11.0 Å². The van der Waals surface area contributed by atoms with Gasteiger partial charge in [-0.3, -0.25) is 5.10 Å². The summed E-state index contributed by atoms with van der Waals surface area (Å²) in [6.45, 7) is 4.01. The molecule has 1 N–H and O–H groups in total. The molecule has 0 aliphatic heterocycles. The molecule has 2 aromatic rings. The van der Waals surface area contributed by atoms with Gasteiger partial charge in [-0.2, -0.15) is 5.10 Å². The zero-order chi connectivity index (χ0) is 8.55. The first-order valence-electron chi connectivity index (χ1n) is 3.98. The molecule has 2 aromatic heterocycles. The molecule has 2 rings (SSSR count). The van der Waals surface area contributed by atoms with Crippen molar-refractivity contribution in [2.24, 2.45) is 0 Å². The van der Waals surface area contributed by atoms with Gasteiger partial charge in [-0.05, 0) is 6.92 Å². The van der Waals surface area contributed by atoms with E-state index in [4.69, 9.17) is 0 Å². The highest BCUT2D eigenvalue weighted by atomic mass is 15.1. The fraction of sp³-hybridized carbons (Fsp3) is 0.375. The molecule has 0 radical (unpaired) electrons. The maximum Gasteiger partial charge on any atom is 0.159 e. The van der Waals surface area contributed by atoms with Crippen molar-refractivity contribution in [3.05, 3.63) is 17.7 Å². The third kappa shape index (κ3) is 0.958. The number of aryl methyl sites for hydroxylation is 2. The highest BCUT2D eigenvalue weighted by molar-refractivity contribution is 5.75. The molecular formula is C8H10N4. The van der Waals surface area contributed by atoms with Crippen LogP contribution in [-0.2, 0) is 6.42 Å². The number of hydrogen-bond donors (Lipinski definition) is 1. The molecule has 2 heterocycles. The molecule has 0 amide bonds. The largest absolute Gasteiger partial charge is 0.261 e. The van der Waals surface area contributed by atoms with E-state index in [1.807, 2.05) is 13.8 Å². The van der Waals surface area contributed by atoms with Gasteiger partial charge in [0.25, 0.3) is 0 Å². The van der Waals surface area contributed by atoms with Crippen LogP contribution in [0.2, 0.25) is 0 Å². The van der Waals surface area contributed by atoms with Crippen LogP contribution in [0.15, 0.2) is 6.20 Å². The number of fused-ring (bicyclic) bond motifs is 1. The fourth-order valence-corrected chi connectivity index (χ4v) is 1.20. The summed E-state index contributed by atoms with van der Waals surface area (Å²) in [6.07, 6.45) is 2.61. The predicted octanol–water partition coefficient (Wildman–Crippen LogP) is 1.22. The number of nitrogens with one attached hydrogen (secondary N) is 1. The Hall–Kier alpha value is -1.45. The number of rotatable bonds is 1. The van der Waals surface area contributed by atoms with Crippen molar-refractivity contribution in [3.8, 4) is 0 Å². The van der Waals surface area contributed by atoms with Crippen molar-refractivity contribution in [2.75, 3.05) is 0 Å². The Morgan fingerprint density at radius 2 is 2.25 bits per heavy atom. The molecule has 0 fully saturated rings. The molecule has 0 aliphatic carbocycles. The summed E-state index contributed by atoms with van der Waals surface area (Å²) < 4.78 is 0. The van der Waals surface area contributed by atoms with E-state index in [1.54, 1.807) is 6.20 Å². The van der Waals surface area contributed by atoms with Crippen molar-refractivity contribution < 1.29 is 0 Å². The lowest BCUT2D eigenvalue weighted by Gasteiger charge is -1.97. The van der Waals surface area contributed by atoms with Gasteiger partial charge in [0.05, 0.1) is 17.3 Å². The normalized spacial score (nSPS) is 10.8. The minimum absolute atomic E-state index is 0.833. The average Bonchev–Trinajstić information content (AvgIpc) is 2.52. The van der Waals surface area contributed by atoms with Crippen molar-refractivity contribution in [1.82, 2.24) is 20.2 Å². The van der Waals surface area contributed by atoms with E-state index in [0.29, 0.717) is 0 Å². The Labute approximate surface area is 70.0 Å². The minimum atomic E-state index is 0.833. The van der Waals surface area contributed by atoms with Gasteiger partial charge >= 0.3 is 0 Å². The number of aromatic nitrogens is 4. The predicted molar refractivity (Wildman–Crippen MR) is 45.8 cm³/mol. The molecule has 0 aliphatic rings. The molecule has 0 unspecified atom stereocenters. The van der Waals surface area contributed by atoms with Gasteiger partial charge in [-0.25, -0.2) is 9.97 Å². The lowest BCUT2D eigenvalue weighted by molar-refractivity contribution is 0.933. The number of hydrogen-bond acceptors (Lipinski definition) is 3. The lowest BCUT2D eigenvalue weighted by atomic mass is 10.3. The SMILES string of the molecule is CCc1nc(C)c2cn[nH]c2n1. The molecule has 0 bridgehead atoms. The molecule has 4 nitrogen and oxygen atoms in total. The average molecular weight is 162 g/mol. The van der Waals surface area contributed by atoms with Crippen LogP contribution in [0.5, 0.6) is 0 Å². The molecule has 4 heteroatoms. The minimum Gasteiger partial charge on any atom is -0.261 e. The monoisotopic (exact) mass is 162 g/mol. The summed E-state index contributed by atoms with van der Waals surface area (Å²) in [4.78, 5) is 8.61. The lowest BCUT2D eigenvalue weighted by Crippen LogP contribution is -1.95. The van der Waals surface area contributed by atoms with Gasteiger partial charge in [-0.1, -0.05) is 6.92 Å². The topological polar surface area (TPSA) is 54.5 Å². The van der Waals surface area contributed by atoms with E-state index < -0.39 is 0 Å². The van der Waals surface area contributed by atoms with Crippen molar-refractivity contribution in [1.29, 1.82) is 0 Å². The number of H-pyrrole nitrogens is 1. The summed E-state index contributed by atoms with van der Waals surface area (Å²) in [5.41, 5.74) is 1.82. The summed E-state index contributed by atoms with van der Waals surface area (Å²) in [5.74, 6) is 0.865. The van der Waals surface area contributed by atoms with Crippen LogP contribution in [0.4, 0.5) is 0 Å². The second kappa shape index (κ2) is 2.55. The van der Waals surface area contributed by atoms with Gasteiger partial charge in [0, 0.05) is 6.42 Å². The zero-order valence-corrected chi connectivity index (χ0v) is 7.13. The molecule has 0 aromatic carbocycles. The van der Waals surface area contributed by atoms with E-state index in [0.717, 1.165) is 29.0 Å². The van der Waals surface area contributed by atoms with E-state index in [2.05, 4.69) is 20.2 Å². The maximum absolute atomic E-state index is 4.32. The summed E-state index contributed by atoms with van der Waals surface area (Å²) in [6, 6.07) is 0. The second-order valence-electron chi connectivity index (χ2n) is 2.71. The standard InChI is InChI=1S/C8H10N4/c1-3-7-10-5(2)6-4-9-12-8(6)11-7/h4H,3H2,1-2H3,(H,9,10,11,12). The van der Waals surface area contributed by atoms with Crippen LogP contribution in [-0.4, -0.2) is 20.2 Å². The van der Waals surface area contributed by atoms with Crippen molar-refractivity contribution in [2.45, 2.75) is 20.3 Å². The van der Waals surface area contributed by atoms with Gasteiger partial charge in [0.15, 0.2) is 5.65 Å². The molecular weight excluding hydrogens is 152 g/mol. The Morgan fingerprint density at radius 3 is 3.00 bits per heavy atom. The maximum atomic E-state index is 4.32. The fourth-order valence-electron chi connectivity index (χ4n) is 1.20. The van der Waals surface area contributed by atoms with Crippen LogP contribution >= 0.6 is 0 Å². The van der Waals surface area contributed by atoms with E-state index >= 15 is 0 Å². The quantitative estimate of drug-likeness (QED) is 0.686. The van der Waals surface area contributed by atoms with Gasteiger partial charge in [-0.15, -0.1) is 0 Å². The first-order valence-corrected chi connectivity index (χ1v) is 3.98. The van der Waals surface area contributed by atoms with Crippen LogP contribution in [0.1, 0.15) is 18.4 Å². The van der Waals surface area contributed by atoms with E-state index in [9.17, 15) is 0 Å². The van der Waals surface area contributed by atoms with Crippen LogP contribution in [0.3, 0.4) is 0 Å². The van der Waals surface area contributed by atoms with Gasteiger partial charge < -0.3 is 0 Å². The molecule has 0 spiro atoms. The van der Waals surface area contributed by atoms with Crippen LogP contribution < -0.4 is 0 Å². The van der Waals surface area contributed by atoms with E-state index in [-0.39, 0.29) is 0 Å². The smallest absolute Gasteiger partial charge is 0.159 e. The highest BCUT2D eigenvalue weighted by Crippen LogP contribution is 2.11. The van der Waals surface area contributed by atoms with Crippen molar-refractivity contribution >= 4 is 11.0 Å². The molecule has 12 heavy (non-hydrogen) atoms. The summed E-state index contributed by atoms with van der Waals surface area (Å²) in [7, 11) is 0. The second-order valence-corrected chi connectivity index (χ2v) is 2.71. The summed E-state index contributed by atoms with van der Waals surface area (Å²) in [5, 5.41) is 7.75. The Balaban J connectivity index is 2.75. The van der Waals surface area contributed by atoms with Crippen LogP contribution in [0, 0.1) is 6.92 Å². The Bertz CT molecular complexity index is 404. The van der Waals surface area contributed by atoms with Gasteiger partial charge in [0.1, 0.15) is 5.82 Å². The molecule has 62 valence electrons. The van der Waals surface area contributed by atoms with Crippen molar-refractivity contribution in [3.63, 3.8) is 0 Å². The molecule has 0 saturated heterocycles. The van der Waals surface area contributed by atoms with E-state index in [1.165, 1.54) is 0 Å². The first kappa shape index (κ1) is 7.21. The third-order valence-electron chi connectivity index (χ3n) is 1.86. The highest BCUT2D eigenvalue weighted by Gasteiger charge is 2.03. The van der Waals surface area contributed by atoms with Gasteiger partial charge in [0.2, 0.25) is 0 Å². The Morgan fingerprint density at radius 1 is 1.42 bits per heavy atom. The zero-order valence-electron chi connectivity index (χ0n) is 7.13. The summed E-state index contributed by atoms with van der Waals surface area (Å²) >= 11 is 0. The number of aromatic amines is 1.